The summed E-state index contributed by atoms with van der Waals surface area (Å²) in [6.07, 6.45) is 0. The normalized spacial score (nSPS) is 16.5. The van der Waals surface area contributed by atoms with Crippen LogP contribution in [0.3, 0.4) is 0 Å². The average Bonchev–Trinajstić information content (AvgIpc) is 3.16. The number of ether oxygens (including phenoxy) is 2. The summed E-state index contributed by atoms with van der Waals surface area (Å²) in [6, 6.07) is 11.7. The Morgan fingerprint density at radius 3 is 2.75 bits per heavy atom. The van der Waals surface area contributed by atoms with E-state index in [0.29, 0.717) is 12.3 Å². The summed E-state index contributed by atoms with van der Waals surface area (Å²) in [5.74, 6) is 0.600. The van der Waals surface area contributed by atoms with Gasteiger partial charge < -0.3 is 14.8 Å². The Morgan fingerprint density at radius 1 is 1.25 bits per heavy atom. The standard InChI is InChI=1S/C18H22N2O3S/c21-18(13-23-16-4-2-1-3-5-16)19-12-17(15-6-11-24-14-15)20-7-9-22-10-8-20/h1-6,11,14,17H,7-10,12-13H2,(H,19,21). The number of benzene rings is 1. The minimum absolute atomic E-state index is 0.0312. The first-order chi connectivity index (χ1) is 11.8. The zero-order chi connectivity index (χ0) is 16.6. The highest BCUT2D eigenvalue weighted by Crippen LogP contribution is 2.23. The summed E-state index contributed by atoms with van der Waals surface area (Å²) in [7, 11) is 0. The van der Waals surface area contributed by atoms with Crippen LogP contribution in [-0.2, 0) is 9.53 Å². The molecule has 24 heavy (non-hydrogen) atoms. The lowest BCUT2D eigenvalue weighted by atomic mass is 10.1. The van der Waals surface area contributed by atoms with Crippen LogP contribution in [0, 0.1) is 0 Å². The predicted octanol–water partition coefficient (Wildman–Crippen LogP) is 2.32. The third kappa shape index (κ3) is 4.80. The molecular formula is C18H22N2O3S. The van der Waals surface area contributed by atoms with Crippen LogP contribution < -0.4 is 10.1 Å². The zero-order valence-corrected chi connectivity index (χ0v) is 14.3. The largest absolute Gasteiger partial charge is 0.484 e. The molecule has 0 aliphatic carbocycles. The van der Waals surface area contributed by atoms with Crippen molar-refractivity contribution >= 4 is 17.2 Å². The molecular weight excluding hydrogens is 324 g/mol. The molecule has 0 radical (unpaired) electrons. The number of hydrogen-bond donors (Lipinski definition) is 1. The van der Waals surface area contributed by atoms with Gasteiger partial charge >= 0.3 is 0 Å². The van der Waals surface area contributed by atoms with E-state index in [4.69, 9.17) is 9.47 Å². The molecule has 0 saturated carbocycles. The molecule has 1 N–H and O–H groups in total. The van der Waals surface area contributed by atoms with Gasteiger partial charge in [0.25, 0.3) is 5.91 Å². The minimum atomic E-state index is -0.104. The van der Waals surface area contributed by atoms with Gasteiger partial charge in [-0.2, -0.15) is 11.3 Å². The van der Waals surface area contributed by atoms with Gasteiger partial charge in [-0.05, 0) is 34.5 Å². The highest BCUT2D eigenvalue weighted by molar-refractivity contribution is 7.07. The number of carbonyl (C=O) groups is 1. The Balaban J connectivity index is 1.52. The summed E-state index contributed by atoms with van der Waals surface area (Å²) in [5.41, 5.74) is 1.24. The van der Waals surface area contributed by atoms with E-state index in [0.717, 1.165) is 26.3 Å². The van der Waals surface area contributed by atoms with Crippen LogP contribution in [0.4, 0.5) is 0 Å². The van der Waals surface area contributed by atoms with E-state index in [2.05, 4.69) is 27.0 Å². The van der Waals surface area contributed by atoms with Crippen molar-refractivity contribution in [3.05, 3.63) is 52.7 Å². The minimum Gasteiger partial charge on any atom is -0.484 e. The van der Waals surface area contributed by atoms with Crippen molar-refractivity contribution in [2.75, 3.05) is 39.5 Å². The van der Waals surface area contributed by atoms with Crippen LogP contribution in [0.1, 0.15) is 11.6 Å². The lowest BCUT2D eigenvalue weighted by Gasteiger charge is -2.34. The van der Waals surface area contributed by atoms with Crippen LogP contribution in [0.15, 0.2) is 47.2 Å². The van der Waals surface area contributed by atoms with Crippen molar-refractivity contribution in [2.45, 2.75) is 6.04 Å². The molecule has 3 rings (SSSR count). The van der Waals surface area contributed by atoms with Crippen molar-refractivity contribution in [1.82, 2.24) is 10.2 Å². The zero-order valence-electron chi connectivity index (χ0n) is 13.5. The second kappa shape index (κ2) is 8.82. The molecule has 6 heteroatoms. The molecule has 1 aliphatic rings. The fourth-order valence-corrected chi connectivity index (χ4v) is 3.45. The Hall–Kier alpha value is -1.89. The Morgan fingerprint density at radius 2 is 2.04 bits per heavy atom. The third-order valence-electron chi connectivity index (χ3n) is 4.02. The fourth-order valence-electron chi connectivity index (χ4n) is 2.74. The SMILES string of the molecule is O=C(COc1ccccc1)NCC(c1ccsc1)N1CCOCC1. The molecule has 1 saturated heterocycles. The van der Waals surface area contributed by atoms with Crippen molar-refractivity contribution < 1.29 is 14.3 Å². The van der Waals surface area contributed by atoms with Crippen LogP contribution >= 0.6 is 11.3 Å². The van der Waals surface area contributed by atoms with Gasteiger partial charge in [-0.15, -0.1) is 0 Å². The van der Waals surface area contributed by atoms with Gasteiger partial charge in [0.15, 0.2) is 6.61 Å². The quantitative estimate of drug-likeness (QED) is 0.836. The molecule has 1 unspecified atom stereocenters. The smallest absolute Gasteiger partial charge is 0.258 e. The van der Waals surface area contributed by atoms with Gasteiger partial charge in [0.05, 0.1) is 19.3 Å². The van der Waals surface area contributed by atoms with Crippen LogP contribution in [0.25, 0.3) is 0 Å². The molecule has 2 aromatic rings. The molecule has 5 nitrogen and oxygen atoms in total. The molecule has 1 aromatic carbocycles. The second-order valence-electron chi connectivity index (χ2n) is 5.63. The second-order valence-corrected chi connectivity index (χ2v) is 6.41. The highest BCUT2D eigenvalue weighted by Gasteiger charge is 2.23. The molecule has 1 aliphatic heterocycles. The lowest BCUT2D eigenvalue weighted by molar-refractivity contribution is -0.123. The van der Waals surface area contributed by atoms with Crippen LogP contribution in [0.5, 0.6) is 5.75 Å². The van der Waals surface area contributed by atoms with Crippen molar-refractivity contribution in [3.8, 4) is 5.75 Å². The molecule has 1 aromatic heterocycles. The molecule has 0 bridgehead atoms. The molecule has 1 amide bonds. The number of carbonyl (C=O) groups excluding carboxylic acids is 1. The van der Waals surface area contributed by atoms with Crippen molar-refractivity contribution in [3.63, 3.8) is 0 Å². The Labute approximate surface area is 146 Å². The van der Waals surface area contributed by atoms with E-state index in [1.165, 1.54) is 5.56 Å². The van der Waals surface area contributed by atoms with Gasteiger partial charge in [-0.3, -0.25) is 9.69 Å². The summed E-state index contributed by atoms with van der Waals surface area (Å²) in [5, 5.41) is 7.21. The van der Waals surface area contributed by atoms with Crippen LogP contribution in [-0.4, -0.2) is 50.3 Å². The summed E-state index contributed by atoms with van der Waals surface area (Å²) >= 11 is 1.68. The number of nitrogens with zero attached hydrogens (tertiary/aromatic N) is 1. The number of amides is 1. The number of para-hydroxylation sites is 1. The van der Waals surface area contributed by atoms with Gasteiger partial charge in [-0.1, -0.05) is 18.2 Å². The number of hydrogen-bond acceptors (Lipinski definition) is 5. The van der Waals surface area contributed by atoms with E-state index in [-0.39, 0.29) is 18.6 Å². The monoisotopic (exact) mass is 346 g/mol. The lowest BCUT2D eigenvalue weighted by Crippen LogP contribution is -2.44. The average molecular weight is 346 g/mol. The number of rotatable bonds is 7. The predicted molar refractivity (Wildman–Crippen MR) is 94.4 cm³/mol. The van der Waals surface area contributed by atoms with Gasteiger partial charge in [0.1, 0.15) is 5.75 Å². The maximum atomic E-state index is 12.1. The Kier molecular flexibility index (Phi) is 6.23. The van der Waals surface area contributed by atoms with E-state index in [1.54, 1.807) is 11.3 Å². The number of morpholine rings is 1. The van der Waals surface area contributed by atoms with Gasteiger partial charge in [0.2, 0.25) is 0 Å². The summed E-state index contributed by atoms with van der Waals surface area (Å²) in [4.78, 5) is 14.5. The Bertz CT molecular complexity index is 612. The van der Waals surface area contributed by atoms with Crippen molar-refractivity contribution in [1.29, 1.82) is 0 Å². The van der Waals surface area contributed by atoms with Gasteiger partial charge in [-0.25, -0.2) is 0 Å². The first kappa shape index (κ1) is 17.0. The summed E-state index contributed by atoms with van der Waals surface area (Å²) in [6.45, 7) is 3.86. The van der Waals surface area contributed by atoms with E-state index in [1.807, 2.05) is 30.3 Å². The first-order valence-electron chi connectivity index (χ1n) is 8.11. The highest BCUT2D eigenvalue weighted by atomic mass is 32.1. The fraction of sp³-hybridized carbons (Fsp3) is 0.389. The maximum absolute atomic E-state index is 12.1. The molecule has 128 valence electrons. The molecule has 2 heterocycles. The topological polar surface area (TPSA) is 50.8 Å². The van der Waals surface area contributed by atoms with Gasteiger partial charge in [0, 0.05) is 19.6 Å². The first-order valence-corrected chi connectivity index (χ1v) is 9.05. The number of thiophene rings is 1. The van der Waals surface area contributed by atoms with E-state index in [9.17, 15) is 4.79 Å². The van der Waals surface area contributed by atoms with E-state index >= 15 is 0 Å². The molecule has 0 spiro atoms. The third-order valence-corrected chi connectivity index (χ3v) is 4.72. The summed E-state index contributed by atoms with van der Waals surface area (Å²) < 4.78 is 10.9. The maximum Gasteiger partial charge on any atom is 0.258 e. The molecule has 1 fully saturated rings. The molecule has 1 atom stereocenters. The van der Waals surface area contributed by atoms with E-state index < -0.39 is 0 Å². The van der Waals surface area contributed by atoms with Crippen LogP contribution in [0.2, 0.25) is 0 Å². The number of nitrogens with one attached hydrogen (secondary N) is 1. The van der Waals surface area contributed by atoms with Crippen molar-refractivity contribution in [2.24, 2.45) is 0 Å².